The van der Waals surface area contributed by atoms with Gasteiger partial charge in [0.25, 0.3) is 0 Å². The average Bonchev–Trinajstić information content (AvgIpc) is 2.97. The van der Waals surface area contributed by atoms with Gasteiger partial charge in [0.15, 0.2) is 11.6 Å². The first-order valence-corrected chi connectivity index (χ1v) is 15.0. The molecule has 5 nitrogen and oxygen atoms in total. The summed E-state index contributed by atoms with van der Waals surface area (Å²) in [6.45, 7) is 6.48. The van der Waals surface area contributed by atoms with Crippen molar-refractivity contribution in [2.24, 2.45) is 0 Å². The highest BCUT2D eigenvalue weighted by molar-refractivity contribution is 5.91. The van der Waals surface area contributed by atoms with Crippen molar-refractivity contribution in [3.05, 3.63) is 83.7 Å². The molecule has 220 valence electrons. The van der Waals surface area contributed by atoms with Crippen LogP contribution in [-0.2, 0) is 9.53 Å². The maximum Gasteiger partial charge on any atom is 0.343 e. The molecule has 0 N–H and O–H groups in total. The van der Waals surface area contributed by atoms with Crippen molar-refractivity contribution in [2.75, 3.05) is 6.61 Å². The lowest BCUT2D eigenvalue weighted by atomic mass is 10.0. The van der Waals surface area contributed by atoms with Crippen LogP contribution in [0.15, 0.2) is 66.7 Å². The van der Waals surface area contributed by atoms with Gasteiger partial charge in [-0.05, 0) is 60.7 Å². The van der Waals surface area contributed by atoms with Gasteiger partial charge in [0.05, 0.1) is 12.2 Å². The number of hydrogen-bond acceptors (Lipinski definition) is 5. The Morgan fingerprint density at radius 3 is 1.98 bits per heavy atom. The molecule has 0 aliphatic carbocycles. The number of halogens is 1. The first-order valence-electron chi connectivity index (χ1n) is 15.0. The fourth-order valence-corrected chi connectivity index (χ4v) is 4.52. The Morgan fingerprint density at radius 1 is 0.756 bits per heavy atom. The van der Waals surface area contributed by atoms with Crippen molar-refractivity contribution in [3.8, 4) is 22.6 Å². The number of benzene rings is 3. The molecule has 0 aliphatic rings. The largest absolute Gasteiger partial charge is 0.491 e. The molecule has 1 unspecified atom stereocenters. The third-order valence-electron chi connectivity index (χ3n) is 6.97. The van der Waals surface area contributed by atoms with E-state index in [0.29, 0.717) is 18.6 Å². The first kappa shape index (κ1) is 31.9. The van der Waals surface area contributed by atoms with Crippen molar-refractivity contribution >= 4 is 11.9 Å². The number of carbonyl (C=O) groups is 2. The van der Waals surface area contributed by atoms with Gasteiger partial charge in [-0.25, -0.2) is 9.18 Å². The molecular weight excluding hydrogens is 519 g/mol. The fraction of sp³-hybridized carbons (Fsp3) is 0.429. The Hall–Kier alpha value is -3.67. The molecule has 3 aromatic rings. The van der Waals surface area contributed by atoms with E-state index in [1.807, 2.05) is 50.2 Å². The summed E-state index contributed by atoms with van der Waals surface area (Å²) in [6, 6.07) is 19.0. The lowest BCUT2D eigenvalue weighted by molar-refractivity contribution is -0.148. The van der Waals surface area contributed by atoms with E-state index in [1.54, 1.807) is 18.2 Å². The van der Waals surface area contributed by atoms with Gasteiger partial charge in [-0.2, -0.15) is 0 Å². The zero-order valence-corrected chi connectivity index (χ0v) is 24.6. The minimum absolute atomic E-state index is 0.125. The molecule has 3 rings (SSSR count). The SMILES string of the molecule is CCCCCCCCCCOc1ccc(OC(=O)c2ccc(-c3ccc(C(C)OC(=O)CCC)cc3)cc2)cc1F. The predicted octanol–water partition coefficient (Wildman–Crippen LogP) is 9.64. The van der Waals surface area contributed by atoms with E-state index in [4.69, 9.17) is 14.2 Å². The number of hydrogen-bond donors (Lipinski definition) is 0. The molecule has 1 atom stereocenters. The van der Waals surface area contributed by atoms with Gasteiger partial charge in [0.1, 0.15) is 11.9 Å². The van der Waals surface area contributed by atoms with Crippen LogP contribution in [0.3, 0.4) is 0 Å². The van der Waals surface area contributed by atoms with E-state index in [1.165, 1.54) is 50.7 Å². The maximum atomic E-state index is 14.5. The number of unbranched alkanes of at least 4 members (excludes halogenated alkanes) is 7. The van der Waals surface area contributed by atoms with E-state index in [2.05, 4.69) is 6.92 Å². The fourth-order valence-electron chi connectivity index (χ4n) is 4.52. The van der Waals surface area contributed by atoms with Crippen molar-refractivity contribution in [2.45, 2.75) is 91.1 Å². The predicted molar refractivity (Wildman–Crippen MR) is 161 cm³/mol. The van der Waals surface area contributed by atoms with Crippen LogP contribution in [0.5, 0.6) is 11.5 Å². The number of esters is 2. The lowest BCUT2D eigenvalue weighted by Crippen LogP contribution is -2.09. The second-order valence-electron chi connectivity index (χ2n) is 10.4. The molecule has 0 heterocycles. The van der Waals surface area contributed by atoms with Crippen LogP contribution in [0, 0.1) is 5.82 Å². The molecule has 0 saturated carbocycles. The van der Waals surface area contributed by atoms with Crippen molar-refractivity contribution in [1.82, 2.24) is 0 Å². The highest BCUT2D eigenvalue weighted by atomic mass is 19.1. The Bertz CT molecular complexity index is 1220. The number of carbonyl (C=O) groups excluding carboxylic acids is 2. The van der Waals surface area contributed by atoms with Crippen LogP contribution in [-0.4, -0.2) is 18.5 Å². The number of ether oxygens (including phenoxy) is 3. The molecule has 0 bridgehead atoms. The van der Waals surface area contributed by atoms with Crippen LogP contribution in [0.25, 0.3) is 11.1 Å². The Balaban J connectivity index is 1.46. The molecule has 0 radical (unpaired) electrons. The Labute approximate surface area is 244 Å². The summed E-state index contributed by atoms with van der Waals surface area (Å²) in [7, 11) is 0. The minimum atomic E-state index is -0.568. The quantitative estimate of drug-likeness (QED) is 0.0931. The van der Waals surface area contributed by atoms with Gasteiger partial charge in [0.2, 0.25) is 0 Å². The van der Waals surface area contributed by atoms with Crippen LogP contribution < -0.4 is 9.47 Å². The molecule has 3 aromatic carbocycles. The summed E-state index contributed by atoms with van der Waals surface area (Å²) < 4.78 is 31.0. The summed E-state index contributed by atoms with van der Waals surface area (Å²) in [5.41, 5.74) is 3.16. The van der Waals surface area contributed by atoms with E-state index >= 15 is 0 Å². The molecular formula is C35H43FO5. The molecule has 0 aliphatic heterocycles. The van der Waals surface area contributed by atoms with Gasteiger partial charge in [-0.1, -0.05) is 95.2 Å². The Kier molecular flexibility index (Phi) is 13.4. The summed E-state index contributed by atoms with van der Waals surface area (Å²) in [5.74, 6) is -1.03. The van der Waals surface area contributed by atoms with Gasteiger partial charge in [0, 0.05) is 12.5 Å². The summed E-state index contributed by atoms with van der Waals surface area (Å²) in [5, 5.41) is 0. The molecule has 0 amide bonds. The van der Waals surface area contributed by atoms with Crippen molar-refractivity contribution < 1.29 is 28.2 Å². The maximum absolute atomic E-state index is 14.5. The van der Waals surface area contributed by atoms with Gasteiger partial charge < -0.3 is 14.2 Å². The molecule has 0 fully saturated rings. The van der Waals surface area contributed by atoms with E-state index in [0.717, 1.165) is 36.0 Å². The standard InChI is InChI=1S/C35H43FO5/c1-4-6-7-8-9-10-11-12-24-39-33-23-22-31(25-32(33)36)41-35(38)30-20-18-29(19-21-30)28-16-14-27(15-17-28)26(3)40-34(37)13-5-2/h14-23,25-26H,4-13,24H2,1-3H3. The molecule has 41 heavy (non-hydrogen) atoms. The van der Waals surface area contributed by atoms with Crippen LogP contribution in [0.4, 0.5) is 4.39 Å². The zero-order chi connectivity index (χ0) is 29.5. The zero-order valence-electron chi connectivity index (χ0n) is 24.6. The average molecular weight is 563 g/mol. The van der Waals surface area contributed by atoms with Crippen molar-refractivity contribution in [1.29, 1.82) is 0 Å². The second kappa shape index (κ2) is 17.2. The lowest BCUT2D eigenvalue weighted by Gasteiger charge is -2.14. The molecule has 6 heteroatoms. The smallest absolute Gasteiger partial charge is 0.343 e. The topological polar surface area (TPSA) is 61.8 Å². The summed E-state index contributed by atoms with van der Waals surface area (Å²) in [6.07, 6.45) is 10.4. The third kappa shape index (κ3) is 10.7. The monoisotopic (exact) mass is 562 g/mol. The second-order valence-corrected chi connectivity index (χ2v) is 10.4. The van der Waals surface area contributed by atoms with Crippen LogP contribution in [0.2, 0.25) is 0 Å². The van der Waals surface area contributed by atoms with Crippen molar-refractivity contribution in [3.63, 3.8) is 0 Å². The first-order chi connectivity index (χ1) is 19.9. The molecule has 0 aromatic heterocycles. The summed E-state index contributed by atoms with van der Waals surface area (Å²) >= 11 is 0. The van der Waals surface area contributed by atoms with Gasteiger partial charge >= 0.3 is 11.9 Å². The summed E-state index contributed by atoms with van der Waals surface area (Å²) in [4.78, 5) is 24.4. The Morgan fingerprint density at radius 2 is 1.37 bits per heavy atom. The molecule has 0 saturated heterocycles. The number of rotatable bonds is 17. The van der Waals surface area contributed by atoms with Gasteiger partial charge in [-0.15, -0.1) is 0 Å². The van der Waals surface area contributed by atoms with E-state index in [-0.39, 0.29) is 23.6 Å². The molecule has 0 spiro atoms. The third-order valence-corrected chi connectivity index (χ3v) is 6.97. The van der Waals surface area contributed by atoms with E-state index < -0.39 is 11.8 Å². The highest BCUT2D eigenvalue weighted by Gasteiger charge is 2.13. The highest BCUT2D eigenvalue weighted by Crippen LogP contribution is 2.26. The normalized spacial score (nSPS) is 11.6. The van der Waals surface area contributed by atoms with Crippen LogP contribution >= 0.6 is 0 Å². The minimum Gasteiger partial charge on any atom is -0.491 e. The van der Waals surface area contributed by atoms with E-state index in [9.17, 15) is 14.0 Å². The van der Waals surface area contributed by atoms with Crippen LogP contribution in [0.1, 0.15) is 107 Å². The van der Waals surface area contributed by atoms with Gasteiger partial charge in [-0.3, -0.25) is 4.79 Å².